The first-order valence-electron chi connectivity index (χ1n) is 6.04. The van der Waals surface area contributed by atoms with Crippen LogP contribution in [0.25, 0.3) is 0 Å². The van der Waals surface area contributed by atoms with Gasteiger partial charge in [-0.3, -0.25) is 0 Å². The van der Waals surface area contributed by atoms with Crippen molar-refractivity contribution in [1.29, 1.82) is 0 Å². The average molecular weight is 251 g/mol. The third-order valence-electron chi connectivity index (χ3n) is 2.93. The summed E-state index contributed by atoms with van der Waals surface area (Å²) in [5, 5.41) is 12.4. The lowest BCUT2D eigenvalue weighted by molar-refractivity contribution is 0.0688. The first-order chi connectivity index (χ1) is 8.72. The summed E-state index contributed by atoms with van der Waals surface area (Å²) in [6.07, 6.45) is 2.11. The van der Waals surface area contributed by atoms with Crippen molar-refractivity contribution in [3.8, 4) is 0 Å². The van der Waals surface area contributed by atoms with E-state index in [1.54, 1.807) is 7.11 Å². The number of hydrogen-bond donors (Lipinski definition) is 2. The van der Waals surface area contributed by atoms with E-state index < -0.39 is 5.97 Å². The van der Waals surface area contributed by atoms with Gasteiger partial charge in [0.2, 0.25) is 0 Å². The van der Waals surface area contributed by atoms with E-state index in [2.05, 4.69) is 15.3 Å². The zero-order chi connectivity index (χ0) is 13.0. The van der Waals surface area contributed by atoms with E-state index in [1.165, 1.54) is 0 Å². The molecule has 0 unspecified atom stereocenters. The molecule has 1 aromatic rings. The van der Waals surface area contributed by atoms with Crippen LogP contribution in [0.15, 0.2) is 0 Å². The molecule has 6 nitrogen and oxygen atoms in total. The third kappa shape index (κ3) is 2.83. The molecule has 1 aliphatic rings. The Morgan fingerprint density at radius 1 is 1.50 bits per heavy atom. The lowest BCUT2D eigenvalue weighted by atomic mass is 10.0. The van der Waals surface area contributed by atoms with E-state index in [0.717, 1.165) is 24.2 Å². The Hall–Kier alpha value is -1.53. The molecular weight excluding hydrogens is 234 g/mol. The van der Waals surface area contributed by atoms with Crippen LogP contribution < -0.4 is 5.32 Å². The minimum Gasteiger partial charge on any atom is -0.477 e. The molecule has 0 radical (unpaired) electrons. The van der Waals surface area contributed by atoms with Crippen molar-refractivity contribution in [2.24, 2.45) is 0 Å². The van der Waals surface area contributed by atoms with Gasteiger partial charge in [0.25, 0.3) is 0 Å². The quantitative estimate of drug-likeness (QED) is 0.737. The minimum atomic E-state index is -0.969. The lowest BCUT2D eigenvalue weighted by Crippen LogP contribution is -2.28. The number of nitrogens with one attached hydrogen (secondary N) is 1. The fourth-order valence-corrected chi connectivity index (χ4v) is 2.07. The molecule has 0 bridgehead atoms. The molecule has 0 amide bonds. The Kier molecular flexibility index (Phi) is 4.22. The van der Waals surface area contributed by atoms with Crippen LogP contribution in [0.3, 0.4) is 0 Å². The lowest BCUT2D eigenvalue weighted by Gasteiger charge is -2.18. The van der Waals surface area contributed by atoms with E-state index in [4.69, 9.17) is 4.74 Å². The van der Waals surface area contributed by atoms with Crippen LogP contribution in [0, 0.1) is 0 Å². The topological polar surface area (TPSA) is 84.3 Å². The van der Waals surface area contributed by atoms with E-state index in [-0.39, 0.29) is 5.69 Å². The van der Waals surface area contributed by atoms with Crippen LogP contribution in [-0.2, 0) is 24.1 Å². The Labute approximate surface area is 105 Å². The molecule has 0 atom stereocenters. The van der Waals surface area contributed by atoms with Crippen molar-refractivity contribution in [2.75, 3.05) is 20.3 Å². The zero-order valence-electron chi connectivity index (χ0n) is 10.4. The number of fused-ring (bicyclic) bond motifs is 1. The number of aryl methyl sites for hydroxylation is 1. The van der Waals surface area contributed by atoms with Gasteiger partial charge in [0.05, 0.1) is 5.69 Å². The number of carboxylic acids is 1. The van der Waals surface area contributed by atoms with Crippen molar-refractivity contribution in [3.63, 3.8) is 0 Å². The molecule has 0 saturated heterocycles. The molecule has 0 saturated carbocycles. The normalized spacial score (nSPS) is 14.3. The average Bonchev–Trinajstić information content (AvgIpc) is 2.38. The summed E-state index contributed by atoms with van der Waals surface area (Å²) in [6.45, 7) is 2.02. The van der Waals surface area contributed by atoms with Gasteiger partial charge in [-0.15, -0.1) is 0 Å². The van der Waals surface area contributed by atoms with E-state index in [9.17, 15) is 9.90 Å². The van der Waals surface area contributed by atoms with Gasteiger partial charge >= 0.3 is 5.97 Å². The molecule has 0 spiro atoms. The second-order valence-electron chi connectivity index (χ2n) is 4.24. The SMILES string of the molecule is COCCCc1nc2c(c(C(=O)O)n1)CCNC2. The number of ether oxygens (including phenoxy) is 1. The van der Waals surface area contributed by atoms with Gasteiger partial charge in [0, 0.05) is 32.2 Å². The number of hydrogen-bond acceptors (Lipinski definition) is 5. The largest absolute Gasteiger partial charge is 0.477 e. The van der Waals surface area contributed by atoms with Gasteiger partial charge < -0.3 is 15.2 Å². The Morgan fingerprint density at radius 3 is 3.06 bits per heavy atom. The molecule has 2 heterocycles. The third-order valence-corrected chi connectivity index (χ3v) is 2.93. The highest BCUT2D eigenvalue weighted by atomic mass is 16.5. The number of nitrogens with zero attached hydrogens (tertiary/aromatic N) is 2. The number of aromatic nitrogens is 2. The highest BCUT2D eigenvalue weighted by Gasteiger charge is 2.21. The van der Waals surface area contributed by atoms with Crippen LogP contribution in [0.2, 0.25) is 0 Å². The molecule has 18 heavy (non-hydrogen) atoms. The summed E-state index contributed by atoms with van der Waals surface area (Å²) in [5.41, 5.74) is 1.76. The maximum atomic E-state index is 11.2. The molecule has 2 rings (SSSR count). The molecule has 2 N–H and O–H groups in total. The van der Waals surface area contributed by atoms with Gasteiger partial charge in [-0.1, -0.05) is 0 Å². The maximum absolute atomic E-state index is 11.2. The van der Waals surface area contributed by atoms with E-state index in [0.29, 0.717) is 31.8 Å². The van der Waals surface area contributed by atoms with Crippen molar-refractivity contribution in [3.05, 3.63) is 22.8 Å². The van der Waals surface area contributed by atoms with Crippen LogP contribution in [0.1, 0.15) is 34.0 Å². The number of carbonyl (C=O) groups is 1. The number of aromatic carboxylic acids is 1. The predicted molar refractivity (Wildman–Crippen MR) is 64.6 cm³/mol. The maximum Gasteiger partial charge on any atom is 0.354 e. The Bertz CT molecular complexity index is 448. The first kappa shape index (κ1) is 12.9. The molecule has 0 aromatic carbocycles. The number of carboxylic acid groups (broad SMARTS) is 1. The molecule has 1 aromatic heterocycles. The fraction of sp³-hybridized carbons (Fsp3) is 0.583. The van der Waals surface area contributed by atoms with Gasteiger partial charge in [0.15, 0.2) is 5.69 Å². The smallest absolute Gasteiger partial charge is 0.354 e. The second-order valence-corrected chi connectivity index (χ2v) is 4.24. The zero-order valence-corrected chi connectivity index (χ0v) is 10.4. The summed E-state index contributed by atoms with van der Waals surface area (Å²) < 4.78 is 4.97. The second kappa shape index (κ2) is 5.88. The van der Waals surface area contributed by atoms with Crippen LogP contribution in [0.5, 0.6) is 0 Å². The van der Waals surface area contributed by atoms with Crippen LogP contribution >= 0.6 is 0 Å². The number of methoxy groups -OCH3 is 1. The predicted octanol–water partition coefficient (Wildman–Crippen LogP) is 0.400. The molecular formula is C12H17N3O3. The van der Waals surface area contributed by atoms with Gasteiger partial charge in [0.1, 0.15) is 5.82 Å². The van der Waals surface area contributed by atoms with Crippen LogP contribution in [0.4, 0.5) is 0 Å². The molecule has 0 aliphatic carbocycles. The van der Waals surface area contributed by atoms with E-state index >= 15 is 0 Å². The summed E-state index contributed by atoms with van der Waals surface area (Å²) in [4.78, 5) is 19.8. The standard InChI is InChI=1S/C12H17N3O3/c1-18-6-2-3-10-14-9-7-13-5-4-8(9)11(15-10)12(16)17/h13H,2-7H2,1H3,(H,16,17). The van der Waals surface area contributed by atoms with Crippen molar-refractivity contribution in [1.82, 2.24) is 15.3 Å². The Balaban J connectivity index is 2.26. The minimum absolute atomic E-state index is 0.161. The summed E-state index contributed by atoms with van der Waals surface area (Å²) in [5.74, 6) is -0.379. The van der Waals surface area contributed by atoms with E-state index in [1.807, 2.05) is 0 Å². The van der Waals surface area contributed by atoms with Gasteiger partial charge in [-0.2, -0.15) is 0 Å². The molecule has 0 fully saturated rings. The van der Waals surface area contributed by atoms with Crippen LogP contribution in [-0.4, -0.2) is 41.3 Å². The van der Waals surface area contributed by atoms with Crippen molar-refractivity contribution in [2.45, 2.75) is 25.8 Å². The first-order valence-corrected chi connectivity index (χ1v) is 6.04. The molecule has 98 valence electrons. The Morgan fingerprint density at radius 2 is 2.33 bits per heavy atom. The fourth-order valence-electron chi connectivity index (χ4n) is 2.07. The monoisotopic (exact) mass is 251 g/mol. The van der Waals surface area contributed by atoms with Gasteiger partial charge in [-0.25, -0.2) is 14.8 Å². The summed E-state index contributed by atoms with van der Waals surface area (Å²) in [6, 6.07) is 0. The highest BCUT2D eigenvalue weighted by molar-refractivity contribution is 5.87. The summed E-state index contributed by atoms with van der Waals surface area (Å²) >= 11 is 0. The molecule has 6 heteroatoms. The number of rotatable bonds is 5. The summed E-state index contributed by atoms with van der Waals surface area (Å²) in [7, 11) is 1.64. The molecule has 1 aliphatic heterocycles. The van der Waals surface area contributed by atoms with Crippen molar-refractivity contribution >= 4 is 5.97 Å². The van der Waals surface area contributed by atoms with Gasteiger partial charge in [-0.05, 0) is 19.4 Å². The van der Waals surface area contributed by atoms with Crippen molar-refractivity contribution < 1.29 is 14.6 Å². The highest BCUT2D eigenvalue weighted by Crippen LogP contribution is 2.16.